The van der Waals surface area contributed by atoms with Gasteiger partial charge in [0.25, 0.3) is 0 Å². The molecule has 1 saturated carbocycles. The summed E-state index contributed by atoms with van der Waals surface area (Å²) in [4.78, 5) is 15.2. The molecule has 142 valence electrons. The lowest BCUT2D eigenvalue weighted by Gasteiger charge is -2.32. The maximum Gasteiger partial charge on any atom is 0.167 e. The lowest BCUT2D eigenvalue weighted by molar-refractivity contribution is 0.0993. The van der Waals surface area contributed by atoms with Crippen molar-refractivity contribution in [1.29, 1.82) is 0 Å². The Kier molecular flexibility index (Phi) is 5.58. The van der Waals surface area contributed by atoms with Gasteiger partial charge in [0.2, 0.25) is 0 Å². The van der Waals surface area contributed by atoms with Crippen LogP contribution in [0.3, 0.4) is 0 Å². The van der Waals surface area contributed by atoms with E-state index in [1.807, 2.05) is 36.4 Å². The predicted octanol–water partition coefficient (Wildman–Crippen LogP) is 4.36. The SMILES string of the molecule is Nc1ccccc1CC(=O)c1ccc(CC2CCN(CC3CC3)CC2)cc1. The Hall–Kier alpha value is -2.13. The van der Waals surface area contributed by atoms with Gasteiger partial charge in [0.05, 0.1) is 0 Å². The summed E-state index contributed by atoms with van der Waals surface area (Å²) < 4.78 is 0. The number of benzene rings is 2. The Balaban J connectivity index is 1.28. The zero-order valence-corrected chi connectivity index (χ0v) is 16.1. The van der Waals surface area contributed by atoms with E-state index in [0.717, 1.165) is 29.4 Å². The minimum Gasteiger partial charge on any atom is -0.398 e. The molecule has 1 heterocycles. The quantitative estimate of drug-likeness (QED) is 0.588. The normalized spacial score (nSPS) is 18.5. The molecule has 2 N–H and O–H groups in total. The van der Waals surface area contributed by atoms with Crippen LogP contribution in [0.5, 0.6) is 0 Å². The average Bonchev–Trinajstić information content (AvgIpc) is 3.50. The standard InChI is InChI=1S/C24H30N2O/c25-23-4-2-1-3-22(23)16-24(27)21-9-7-18(8-10-21)15-19-11-13-26(14-12-19)17-20-5-6-20/h1-4,7-10,19-20H,5-6,11-17,25H2. The van der Waals surface area contributed by atoms with Gasteiger partial charge in [-0.15, -0.1) is 0 Å². The van der Waals surface area contributed by atoms with E-state index in [-0.39, 0.29) is 5.78 Å². The summed E-state index contributed by atoms with van der Waals surface area (Å²) in [5.74, 6) is 1.91. The number of nitrogens with two attached hydrogens (primary N) is 1. The van der Waals surface area contributed by atoms with Crippen LogP contribution in [0, 0.1) is 11.8 Å². The van der Waals surface area contributed by atoms with E-state index in [1.54, 1.807) is 0 Å². The van der Waals surface area contributed by atoms with E-state index in [0.29, 0.717) is 12.1 Å². The zero-order valence-electron chi connectivity index (χ0n) is 16.1. The third kappa shape index (κ3) is 4.98. The number of carbonyl (C=O) groups is 1. The van der Waals surface area contributed by atoms with Crippen LogP contribution in [0.25, 0.3) is 0 Å². The Morgan fingerprint density at radius 3 is 2.30 bits per heavy atom. The molecule has 2 fully saturated rings. The average molecular weight is 363 g/mol. The van der Waals surface area contributed by atoms with Crippen LogP contribution in [0.2, 0.25) is 0 Å². The number of anilines is 1. The van der Waals surface area contributed by atoms with Gasteiger partial charge in [0, 0.05) is 24.2 Å². The third-order valence-corrected chi connectivity index (χ3v) is 6.13. The molecule has 3 nitrogen and oxygen atoms in total. The van der Waals surface area contributed by atoms with Gasteiger partial charge in [-0.2, -0.15) is 0 Å². The Morgan fingerprint density at radius 1 is 0.926 bits per heavy atom. The molecule has 1 aliphatic heterocycles. The number of hydrogen-bond acceptors (Lipinski definition) is 3. The van der Waals surface area contributed by atoms with E-state index in [4.69, 9.17) is 5.73 Å². The second-order valence-corrected chi connectivity index (χ2v) is 8.39. The number of Topliss-reactive ketones (excluding diaryl/α,β-unsaturated/α-hetero) is 1. The highest BCUT2D eigenvalue weighted by Gasteiger charge is 2.27. The minimum absolute atomic E-state index is 0.132. The summed E-state index contributed by atoms with van der Waals surface area (Å²) in [6.07, 6.45) is 7.01. The van der Waals surface area contributed by atoms with Crippen LogP contribution in [0.1, 0.15) is 47.2 Å². The van der Waals surface area contributed by atoms with Gasteiger partial charge >= 0.3 is 0 Å². The number of nitrogens with zero attached hydrogens (tertiary/aromatic N) is 1. The minimum atomic E-state index is 0.132. The number of hydrogen-bond donors (Lipinski definition) is 1. The molecule has 2 aromatic rings. The first kappa shape index (κ1) is 18.2. The summed E-state index contributed by atoms with van der Waals surface area (Å²) in [7, 11) is 0. The van der Waals surface area contributed by atoms with Crippen molar-refractivity contribution >= 4 is 11.5 Å². The van der Waals surface area contributed by atoms with Gasteiger partial charge in [-0.25, -0.2) is 0 Å². The van der Waals surface area contributed by atoms with Crippen molar-refractivity contribution in [3.63, 3.8) is 0 Å². The fourth-order valence-corrected chi connectivity index (χ4v) is 4.17. The molecule has 1 aliphatic carbocycles. The summed E-state index contributed by atoms with van der Waals surface area (Å²) in [5, 5.41) is 0. The van der Waals surface area contributed by atoms with Crippen LogP contribution < -0.4 is 5.73 Å². The molecule has 0 atom stereocenters. The van der Waals surface area contributed by atoms with Crippen molar-refractivity contribution in [2.24, 2.45) is 11.8 Å². The number of piperidine rings is 1. The number of para-hydroxylation sites is 1. The Morgan fingerprint density at radius 2 is 1.63 bits per heavy atom. The van der Waals surface area contributed by atoms with Crippen molar-refractivity contribution in [2.75, 3.05) is 25.4 Å². The molecule has 4 rings (SSSR count). The molecule has 0 aromatic heterocycles. The van der Waals surface area contributed by atoms with Gasteiger partial charge in [0.1, 0.15) is 0 Å². The zero-order chi connectivity index (χ0) is 18.6. The number of carbonyl (C=O) groups excluding carboxylic acids is 1. The monoisotopic (exact) mass is 362 g/mol. The van der Waals surface area contributed by atoms with Gasteiger partial charge in [0.15, 0.2) is 5.78 Å². The van der Waals surface area contributed by atoms with Crippen LogP contribution in [0.4, 0.5) is 5.69 Å². The molecule has 1 saturated heterocycles. The second-order valence-electron chi connectivity index (χ2n) is 8.39. The van der Waals surface area contributed by atoms with Crippen molar-refractivity contribution < 1.29 is 4.79 Å². The predicted molar refractivity (Wildman–Crippen MR) is 111 cm³/mol. The van der Waals surface area contributed by atoms with Crippen LogP contribution >= 0.6 is 0 Å². The summed E-state index contributed by atoms with van der Waals surface area (Å²) in [6, 6.07) is 15.8. The highest BCUT2D eigenvalue weighted by Crippen LogP contribution is 2.31. The fourth-order valence-electron chi connectivity index (χ4n) is 4.17. The van der Waals surface area contributed by atoms with E-state index >= 15 is 0 Å². The van der Waals surface area contributed by atoms with Crippen LogP contribution in [-0.2, 0) is 12.8 Å². The lowest BCUT2D eigenvalue weighted by Crippen LogP contribution is -2.35. The lowest BCUT2D eigenvalue weighted by atomic mass is 9.89. The molecule has 27 heavy (non-hydrogen) atoms. The van der Waals surface area contributed by atoms with Crippen molar-refractivity contribution in [2.45, 2.75) is 38.5 Å². The maximum absolute atomic E-state index is 12.5. The second kappa shape index (κ2) is 8.26. The smallest absolute Gasteiger partial charge is 0.167 e. The molecular formula is C24H30N2O. The van der Waals surface area contributed by atoms with E-state index < -0.39 is 0 Å². The van der Waals surface area contributed by atoms with Crippen molar-refractivity contribution in [3.8, 4) is 0 Å². The third-order valence-electron chi connectivity index (χ3n) is 6.13. The molecule has 0 radical (unpaired) electrons. The number of nitrogen functional groups attached to an aromatic ring is 1. The molecule has 0 unspecified atom stereocenters. The molecule has 0 spiro atoms. The van der Waals surface area contributed by atoms with Gasteiger partial charge in [-0.3, -0.25) is 4.79 Å². The molecule has 2 aliphatic rings. The first-order chi connectivity index (χ1) is 13.2. The first-order valence-electron chi connectivity index (χ1n) is 10.4. The van der Waals surface area contributed by atoms with E-state index in [1.165, 1.54) is 50.9 Å². The number of likely N-dealkylation sites (tertiary alicyclic amines) is 1. The topological polar surface area (TPSA) is 46.3 Å². The molecule has 0 amide bonds. The first-order valence-corrected chi connectivity index (χ1v) is 10.4. The summed E-state index contributed by atoms with van der Waals surface area (Å²) >= 11 is 0. The molecule has 3 heteroatoms. The van der Waals surface area contributed by atoms with Crippen molar-refractivity contribution in [1.82, 2.24) is 4.90 Å². The van der Waals surface area contributed by atoms with Crippen molar-refractivity contribution in [3.05, 3.63) is 65.2 Å². The summed E-state index contributed by atoms with van der Waals surface area (Å²) in [5.41, 5.74) is 9.69. The summed E-state index contributed by atoms with van der Waals surface area (Å²) in [6.45, 7) is 3.85. The van der Waals surface area contributed by atoms with Gasteiger partial charge in [-0.1, -0.05) is 42.5 Å². The highest BCUT2D eigenvalue weighted by atomic mass is 16.1. The maximum atomic E-state index is 12.5. The fraction of sp³-hybridized carbons (Fsp3) is 0.458. The largest absolute Gasteiger partial charge is 0.398 e. The number of rotatable bonds is 7. The van der Waals surface area contributed by atoms with Gasteiger partial charge in [-0.05, 0) is 74.2 Å². The van der Waals surface area contributed by atoms with Crippen LogP contribution in [-0.4, -0.2) is 30.3 Å². The molecule has 0 bridgehead atoms. The van der Waals surface area contributed by atoms with E-state index in [9.17, 15) is 4.79 Å². The Bertz CT molecular complexity index is 771. The highest BCUT2D eigenvalue weighted by molar-refractivity contribution is 5.98. The Labute approximate surface area is 162 Å². The molecular weight excluding hydrogens is 332 g/mol. The van der Waals surface area contributed by atoms with Gasteiger partial charge < -0.3 is 10.6 Å². The number of ketones is 1. The van der Waals surface area contributed by atoms with E-state index in [2.05, 4.69) is 17.0 Å². The van der Waals surface area contributed by atoms with Crippen LogP contribution in [0.15, 0.2) is 48.5 Å². The molecule has 2 aromatic carbocycles.